The van der Waals surface area contributed by atoms with Gasteiger partial charge >= 0.3 is 6.18 Å². The molecular formula is C16H22F3N3O. The van der Waals surface area contributed by atoms with Gasteiger partial charge in [0, 0.05) is 31.4 Å². The van der Waals surface area contributed by atoms with E-state index in [2.05, 4.69) is 4.98 Å². The van der Waals surface area contributed by atoms with E-state index in [0.717, 1.165) is 17.8 Å². The molecule has 4 nitrogen and oxygen atoms in total. The Morgan fingerprint density at radius 3 is 2.30 bits per heavy atom. The molecule has 2 heterocycles. The minimum atomic E-state index is -4.47. The van der Waals surface area contributed by atoms with Gasteiger partial charge in [0.15, 0.2) is 0 Å². The molecule has 0 unspecified atom stereocenters. The summed E-state index contributed by atoms with van der Waals surface area (Å²) in [5.74, 6) is -0.0599. The van der Waals surface area contributed by atoms with Crippen LogP contribution in [0, 0.1) is 0 Å². The van der Waals surface area contributed by atoms with Crippen LogP contribution in [0.2, 0.25) is 0 Å². The number of hydrogen-bond donors (Lipinski definition) is 0. The minimum absolute atomic E-state index is 0.291. The van der Waals surface area contributed by atoms with E-state index < -0.39 is 18.5 Å². The smallest absolute Gasteiger partial charge is 0.353 e. The van der Waals surface area contributed by atoms with Crippen molar-refractivity contribution in [1.82, 2.24) is 9.88 Å². The first-order chi connectivity index (χ1) is 10.7. The molecule has 0 saturated carbocycles. The third kappa shape index (κ3) is 4.36. The SMILES string of the molecule is CCc1ccc(N2C[C@@H](C)N(C(=O)CC(F)(F)F)[C@@H](C)C2)nc1. The number of aryl methyl sites for hydroxylation is 1. The summed E-state index contributed by atoms with van der Waals surface area (Å²) in [5, 5.41) is 0. The predicted octanol–water partition coefficient (Wildman–Crippen LogP) is 3.02. The summed E-state index contributed by atoms with van der Waals surface area (Å²) in [5.41, 5.74) is 1.13. The number of halogens is 3. The average Bonchev–Trinajstić information content (AvgIpc) is 2.44. The number of rotatable bonds is 3. The van der Waals surface area contributed by atoms with Gasteiger partial charge in [0.25, 0.3) is 0 Å². The van der Waals surface area contributed by atoms with Crippen LogP contribution >= 0.6 is 0 Å². The molecular weight excluding hydrogens is 307 g/mol. The lowest BCUT2D eigenvalue weighted by Gasteiger charge is -2.45. The van der Waals surface area contributed by atoms with E-state index in [4.69, 9.17) is 0 Å². The number of carbonyl (C=O) groups is 1. The molecule has 23 heavy (non-hydrogen) atoms. The number of pyridine rings is 1. The molecule has 0 aromatic carbocycles. The summed E-state index contributed by atoms with van der Waals surface area (Å²) in [7, 11) is 0. The van der Waals surface area contributed by atoms with Crippen LogP contribution in [-0.2, 0) is 11.2 Å². The van der Waals surface area contributed by atoms with Gasteiger partial charge in [-0.1, -0.05) is 13.0 Å². The molecule has 0 aliphatic carbocycles. The van der Waals surface area contributed by atoms with Crippen LogP contribution in [0.25, 0.3) is 0 Å². The highest BCUT2D eigenvalue weighted by molar-refractivity contribution is 5.78. The molecule has 0 radical (unpaired) electrons. The number of aromatic nitrogens is 1. The van der Waals surface area contributed by atoms with Crippen LogP contribution in [0.5, 0.6) is 0 Å². The van der Waals surface area contributed by atoms with Gasteiger partial charge in [0.05, 0.1) is 0 Å². The van der Waals surface area contributed by atoms with Crippen molar-refractivity contribution in [3.63, 3.8) is 0 Å². The Labute approximate surface area is 134 Å². The van der Waals surface area contributed by atoms with Crippen LogP contribution in [-0.4, -0.2) is 47.1 Å². The first-order valence-electron chi connectivity index (χ1n) is 7.79. The highest BCUT2D eigenvalue weighted by atomic mass is 19.4. The van der Waals surface area contributed by atoms with E-state index in [1.807, 2.05) is 30.2 Å². The molecule has 0 spiro atoms. The van der Waals surface area contributed by atoms with Gasteiger partial charge in [-0.05, 0) is 31.9 Å². The number of anilines is 1. The second-order valence-corrected chi connectivity index (χ2v) is 6.07. The second kappa shape index (κ2) is 6.76. The third-order valence-corrected chi connectivity index (χ3v) is 4.10. The quantitative estimate of drug-likeness (QED) is 0.855. The van der Waals surface area contributed by atoms with E-state index >= 15 is 0 Å². The molecule has 1 aliphatic heterocycles. The second-order valence-electron chi connectivity index (χ2n) is 6.07. The Balaban J connectivity index is 2.07. The van der Waals surface area contributed by atoms with E-state index in [1.54, 1.807) is 13.8 Å². The Bertz CT molecular complexity index is 532. The summed E-state index contributed by atoms with van der Waals surface area (Å²) < 4.78 is 37.4. The van der Waals surface area contributed by atoms with Crippen molar-refractivity contribution < 1.29 is 18.0 Å². The van der Waals surface area contributed by atoms with E-state index in [9.17, 15) is 18.0 Å². The molecule has 2 atom stereocenters. The largest absolute Gasteiger partial charge is 0.397 e. The highest BCUT2D eigenvalue weighted by Crippen LogP contribution is 2.26. The molecule has 0 N–H and O–H groups in total. The molecule has 1 aliphatic rings. The standard InChI is InChI=1S/C16H22F3N3O/c1-4-13-5-6-14(20-8-13)21-9-11(2)22(12(3)10-21)15(23)7-16(17,18)19/h5-6,8,11-12H,4,7,9-10H2,1-3H3/t11-,12+. The third-order valence-electron chi connectivity index (χ3n) is 4.10. The lowest BCUT2D eigenvalue weighted by molar-refractivity contribution is -0.164. The maximum absolute atomic E-state index is 12.5. The Morgan fingerprint density at radius 1 is 1.26 bits per heavy atom. The summed E-state index contributed by atoms with van der Waals surface area (Å²) in [6.07, 6.45) is -3.15. The van der Waals surface area contributed by atoms with Crippen LogP contribution in [0.1, 0.15) is 32.8 Å². The van der Waals surface area contributed by atoms with Crippen molar-refractivity contribution in [2.45, 2.75) is 51.9 Å². The Hall–Kier alpha value is -1.79. The lowest BCUT2D eigenvalue weighted by Crippen LogP contribution is -2.59. The van der Waals surface area contributed by atoms with Crippen molar-refractivity contribution in [1.29, 1.82) is 0 Å². The van der Waals surface area contributed by atoms with Crippen LogP contribution in [0.3, 0.4) is 0 Å². The summed E-state index contributed by atoms with van der Waals surface area (Å²) in [6.45, 7) is 6.55. The number of nitrogens with zero attached hydrogens (tertiary/aromatic N) is 3. The van der Waals surface area contributed by atoms with Gasteiger partial charge in [0.2, 0.25) is 5.91 Å². The van der Waals surface area contributed by atoms with Gasteiger partial charge in [-0.25, -0.2) is 4.98 Å². The monoisotopic (exact) mass is 329 g/mol. The molecule has 7 heteroatoms. The Kier molecular flexibility index (Phi) is 5.16. The first-order valence-corrected chi connectivity index (χ1v) is 7.79. The topological polar surface area (TPSA) is 36.4 Å². The van der Waals surface area contributed by atoms with Crippen LogP contribution in [0.15, 0.2) is 18.3 Å². The zero-order chi connectivity index (χ0) is 17.2. The molecule has 2 rings (SSSR count). The fourth-order valence-corrected chi connectivity index (χ4v) is 3.08. The van der Waals surface area contributed by atoms with Crippen molar-refractivity contribution in [3.05, 3.63) is 23.9 Å². The molecule has 1 aromatic rings. The van der Waals surface area contributed by atoms with Gasteiger partial charge in [-0.15, -0.1) is 0 Å². The summed E-state index contributed by atoms with van der Waals surface area (Å²) in [6, 6.07) is 3.34. The minimum Gasteiger partial charge on any atom is -0.353 e. The first kappa shape index (κ1) is 17.6. The lowest BCUT2D eigenvalue weighted by atomic mass is 10.1. The molecule has 1 aromatic heterocycles. The van der Waals surface area contributed by atoms with Gasteiger partial charge < -0.3 is 9.80 Å². The number of alkyl halides is 3. The molecule has 1 fully saturated rings. The molecule has 0 bridgehead atoms. The fraction of sp³-hybridized carbons (Fsp3) is 0.625. The predicted molar refractivity (Wildman–Crippen MR) is 82.3 cm³/mol. The number of amides is 1. The van der Waals surface area contributed by atoms with Crippen molar-refractivity contribution in [2.24, 2.45) is 0 Å². The zero-order valence-corrected chi connectivity index (χ0v) is 13.6. The van der Waals surface area contributed by atoms with Gasteiger partial charge in [0.1, 0.15) is 12.2 Å². The van der Waals surface area contributed by atoms with Crippen molar-refractivity contribution in [3.8, 4) is 0 Å². The van der Waals surface area contributed by atoms with Crippen LogP contribution < -0.4 is 4.90 Å². The maximum Gasteiger partial charge on any atom is 0.397 e. The normalized spacial score (nSPS) is 22.3. The van der Waals surface area contributed by atoms with E-state index in [1.165, 1.54) is 4.90 Å². The van der Waals surface area contributed by atoms with Crippen molar-refractivity contribution in [2.75, 3.05) is 18.0 Å². The molecule has 1 saturated heterocycles. The summed E-state index contributed by atoms with van der Waals surface area (Å²) in [4.78, 5) is 19.7. The van der Waals surface area contributed by atoms with Crippen LogP contribution in [0.4, 0.5) is 19.0 Å². The number of carbonyl (C=O) groups excluding carboxylic acids is 1. The highest BCUT2D eigenvalue weighted by Gasteiger charge is 2.39. The summed E-state index contributed by atoms with van der Waals surface area (Å²) >= 11 is 0. The van der Waals surface area contributed by atoms with Gasteiger partial charge in [-0.2, -0.15) is 13.2 Å². The van der Waals surface area contributed by atoms with Crippen molar-refractivity contribution >= 4 is 11.7 Å². The average molecular weight is 329 g/mol. The van der Waals surface area contributed by atoms with Gasteiger partial charge in [-0.3, -0.25) is 4.79 Å². The number of piperazine rings is 1. The molecule has 128 valence electrons. The molecule has 1 amide bonds. The van der Waals surface area contributed by atoms with E-state index in [-0.39, 0.29) is 12.1 Å². The maximum atomic E-state index is 12.5. The number of hydrogen-bond acceptors (Lipinski definition) is 3. The fourth-order valence-electron chi connectivity index (χ4n) is 3.08. The Morgan fingerprint density at radius 2 is 1.87 bits per heavy atom. The zero-order valence-electron chi connectivity index (χ0n) is 13.6. The van der Waals surface area contributed by atoms with E-state index in [0.29, 0.717) is 13.1 Å².